The molecule has 2 heteroatoms. The Morgan fingerprint density at radius 3 is 2.92 bits per heavy atom. The molecule has 1 aromatic rings. The van der Waals surface area contributed by atoms with Gasteiger partial charge in [0.1, 0.15) is 0 Å². The van der Waals surface area contributed by atoms with Crippen LogP contribution in [0.5, 0.6) is 0 Å². The number of aryl methyl sites for hydroxylation is 1. The second-order valence-electron chi connectivity index (χ2n) is 2.68. The molecule has 0 aliphatic carbocycles. The van der Waals surface area contributed by atoms with Gasteiger partial charge in [-0.25, -0.2) is 0 Å². The number of carbonyl (C=O) groups is 1. The summed E-state index contributed by atoms with van der Waals surface area (Å²) in [7, 11) is 0. The van der Waals surface area contributed by atoms with Crippen LogP contribution in [0.4, 0.5) is 0 Å². The highest BCUT2D eigenvalue weighted by Crippen LogP contribution is 2.06. The molecule has 0 bridgehead atoms. The average Bonchev–Trinajstić information content (AvgIpc) is 2.03. The number of carbonyl (C=O) groups excluding carboxylic acids is 1. The number of aromatic nitrogens is 1. The van der Waals surface area contributed by atoms with Crippen LogP contribution in [0.15, 0.2) is 24.5 Å². The first-order valence-corrected chi connectivity index (χ1v) is 3.79. The zero-order valence-electron chi connectivity index (χ0n) is 7.24. The SMILES string of the molecule is CC(=O)/C=C/c1cnccc1C. The predicted molar refractivity (Wildman–Crippen MR) is 48.7 cm³/mol. The number of pyridine rings is 1. The minimum absolute atomic E-state index is 0.0539. The summed E-state index contributed by atoms with van der Waals surface area (Å²) in [6, 6.07) is 1.92. The van der Waals surface area contributed by atoms with E-state index in [-0.39, 0.29) is 5.78 Å². The number of hydrogen-bond donors (Lipinski definition) is 0. The quantitative estimate of drug-likeness (QED) is 0.621. The van der Waals surface area contributed by atoms with Gasteiger partial charge in [-0.3, -0.25) is 9.78 Å². The summed E-state index contributed by atoms with van der Waals surface area (Å²) in [6.45, 7) is 3.52. The molecule has 0 atom stereocenters. The Labute approximate surface area is 71.9 Å². The van der Waals surface area contributed by atoms with Gasteiger partial charge >= 0.3 is 0 Å². The van der Waals surface area contributed by atoms with E-state index in [1.807, 2.05) is 13.0 Å². The molecule has 0 unspecified atom stereocenters. The van der Waals surface area contributed by atoms with Gasteiger partial charge < -0.3 is 0 Å². The first-order chi connectivity index (χ1) is 5.70. The van der Waals surface area contributed by atoms with Gasteiger partial charge in [-0.1, -0.05) is 0 Å². The van der Waals surface area contributed by atoms with Crippen LogP contribution in [0.1, 0.15) is 18.1 Å². The molecule has 0 aliphatic rings. The summed E-state index contributed by atoms with van der Waals surface area (Å²) >= 11 is 0. The van der Waals surface area contributed by atoms with Crippen molar-refractivity contribution in [1.82, 2.24) is 4.98 Å². The second kappa shape index (κ2) is 3.81. The Bertz CT molecular complexity index is 315. The largest absolute Gasteiger partial charge is 0.295 e. The lowest BCUT2D eigenvalue weighted by molar-refractivity contribution is -0.112. The molecule has 0 fully saturated rings. The van der Waals surface area contributed by atoms with Crippen LogP contribution in [0.25, 0.3) is 6.08 Å². The third-order valence-corrected chi connectivity index (χ3v) is 1.58. The van der Waals surface area contributed by atoms with Gasteiger partial charge in [-0.2, -0.15) is 0 Å². The molecule has 0 saturated heterocycles. The maximum absolute atomic E-state index is 10.6. The molecule has 0 spiro atoms. The van der Waals surface area contributed by atoms with Gasteiger partial charge in [0.15, 0.2) is 5.78 Å². The maximum Gasteiger partial charge on any atom is 0.152 e. The molecule has 0 N–H and O–H groups in total. The number of allylic oxidation sites excluding steroid dienone is 1. The van der Waals surface area contributed by atoms with Crippen molar-refractivity contribution in [2.75, 3.05) is 0 Å². The summed E-state index contributed by atoms with van der Waals surface area (Å²) in [5.74, 6) is 0.0539. The summed E-state index contributed by atoms with van der Waals surface area (Å²) in [5.41, 5.74) is 2.12. The molecule has 62 valence electrons. The van der Waals surface area contributed by atoms with E-state index in [0.717, 1.165) is 11.1 Å². The first-order valence-electron chi connectivity index (χ1n) is 3.79. The van der Waals surface area contributed by atoms with E-state index in [2.05, 4.69) is 4.98 Å². The van der Waals surface area contributed by atoms with Gasteiger partial charge in [0.05, 0.1) is 0 Å². The molecule has 0 radical (unpaired) electrons. The molecule has 1 heterocycles. The smallest absolute Gasteiger partial charge is 0.152 e. The van der Waals surface area contributed by atoms with E-state index >= 15 is 0 Å². The van der Waals surface area contributed by atoms with Gasteiger partial charge in [0.25, 0.3) is 0 Å². The lowest BCUT2D eigenvalue weighted by atomic mass is 10.1. The Kier molecular flexibility index (Phi) is 2.75. The normalized spacial score (nSPS) is 10.5. The molecule has 0 saturated carbocycles. The highest BCUT2D eigenvalue weighted by atomic mass is 16.1. The third kappa shape index (κ3) is 2.31. The van der Waals surface area contributed by atoms with Gasteiger partial charge in [0.2, 0.25) is 0 Å². The number of rotatable bonds is 2. The van der Waals surface area contributed by atoms with E-state index in [1.165, 1.54) is 6.92 Å². The molecule has 12 heavy (non-hydrogen) atoms. The van der Waals surface area contributed by atoms with E-state index in [4.69, 9.17) is 0 Å². The topological polar surface area (TPSA) is 30.0 Å². The molecule has 0 aromatic carbocycles. The molecule has 2 nitrogen and oxygen atoms in total. The molecule has 0 amide bonds. The minimum atomic E-state index is 0.0539. The number of hydrogen-bond acceptors (Lipinski definition) is 2. The standard InChI is InChI=1S/C10H11NO/c1-8-5-6-11-7-10(8)4-3-9(2)12/h3-7H,1-2H3/b4-3+. The van der Waals surface area contributed by atoms with E-state index < -0.39 is 0 Å². The van der Waals surface area contributed by atoms with Gasteiger partial charge in [0, 0.05) is 12.4 Å². The van der Waals surface area contributed by atoms with E-state index in [1.54, 1.807) is 24.5 Å². The lowest BCUT2D eigenvalue weighted by Crippen LogP contribution is -1.84. The molecular formula is C10H11NO. The summed E-state index contributed by atoms with van der Waals surface area (Å²) in [5, 5.41) is 0. The Balaban J connectivity index is 2.89. The highest BCUT2D eigenvalue weighted by molar-refractivity contribution is 5.91. The van der Waals surface area contributed by atoms with Crippen molar-refractivity contribution in [3.05, 3.63) is 35.7 Å². The van der Waals surface area contributed by atoms with Crippen LogP contribution in [-0.2, 0) is 4.79 Å². The Hall–Kier alpha value is -1.44. The van der Waals surface area contributed by atoms with E-state index in [9.17, 15) is 4.79 Å². The lowest BCUT2D eigenvalue weighted by Gasteiger charge is -1.95. The summed E-state index contributed by atoms with van der Waals surface area (Å²) < 4.78 is 0. The second-order valence-corrected chi connectivity index (χ2v) is 2.68. The van der Waals surface area contributed by atoms with Crippen LogP contribution in [0.3, 0.4) is 0 Å². The monoisotopic (exact) mass is 161 g/mol. The first kappa shape index (κ1) is 8.65. The minimum Gasteiger partial charge on any atom is -0.295 e. The zero-order chi connectivity index (χ0) is 8.97. The Morgan fingerprint density at radius 1 is 1.58 bits per heavy atom. The fourth-order valence-corrected chi connectivity index (χ4v) is 0.858. The average molecular weight is 161 g/mol. The van der Waals surface area contributed by atoms with Crippen molar-refractivity contribution in [2.24, 2.45) is 0 Å². The number of ketones is 1. The van der Waals surface area contributed by atoms with Gasteiger partial charge in [-0.15, -0.1) is 0 Å². The van der Waals surface area contributed by atoms with Crippen molar-refractivity contribution < 1.29 is 4.79 Å². The van der Waals surface area contributed by atoms with Crippen LogP contribution >= 0.6 is 0 Å². The number of nitrogens with zero attached hydrogens (tertiary/aromatic N) is 1. The predicted octanol–water partition coefficient (Wildman–Crippen LogP) is 1.99. The molecule has 1 rings (SSSR count). The Morgan fingerprint density at radius 2 is 2.33 bits per heavy atom. The van der Waals surface area contributed by atoms with Crippen molar-refractivity contribution in [3.63, 3.8) is 0 Å². The third-order valence-electron chi connectivity index (χ3n) is 1.58. The molecule has 0 aliphatic heterocycles. The van der Waals surface area contributed by atoms with Crippen molar-refractivity contribution in [3.8, 4) is 0 Å². The summed E-state index contributed by atoms with van der Waals surface area (Å²) in [6.07, 6.45) is 6.81. The van der Waals surface area contributed by atoms with Crippen LogP contribution < -0.4 is 0 Å². The zero-order valence-corrected chi connectivity index (χ0v) is 7.24. The van der Waals surface area contributed by atoms with E-state index in [0.29, 0.717) is 0 Å². The highest BCUT2D eigenvalue weighted by Gasteiger charge is 1.91. The van der Waals surface area contributed by atoms with Crippen LogP contribution in [-0.4, -0.2) is 10.8 Å². The molecular weight excluding hydrogens is 150 g/mol. The van der Waals surface area contributed by atoms with Crippen molar-refractivity contribution in [1.29, 1.82) is 0 Å². The van der Waals surface area contributed by atoms with Crippen LogP contribution in [0, 0.1) is 6.92 Å². The fourth-order valence-electron chi connectivity index (χ4n) is 0.858. The van der Waals surface area contributed by atoms with Crippen molar-refractivity contribution >= 4 is 11.9 Å². The maximum atomic E-state index is 10.6. The summed E-state index contributed by atoms with van der Waals surface area (Å²) in [4.78, 5) is 14.6. The van der Waals surface area contributed by atoms with Crippen LogP contribution in [0.2, 0.25) is 0 Å². The molecule has 1 aromatic heterocycles. The van der Waals surface area contributed by atoms with Gasteiger partial charge in [-0.05, 0) is 43.2 Å². The fraction of sp³-hybridized carbons (Fsp3) is 0.200. The van der Waals surface area contributed by atoms with Crippen molar-refractivity contribution in [2.45, 2.75) is 13.8 Å².